The molecule has 1 aliphatic heterocycles. The van der Waals surface area contributed by atoms with Crippen LogP contribution in [0.3, 0.4) is 0 Å². The molecule has 5 aromatic rings. The lowest BCUT2D eigenvalue weighted by Crippen LogP contribution is -2.39. The molecule has 0 unspecified atom stereocenters. The van der Waals surface area contributed by atoms with Crippen molar-refractivity contribution in [2.24, 2.45) is 12.8 Å². The molecule has 272 valence electrons. The summed E-state index contributed by atoms with van der Waals surface area (Å²) in [7, 11) is 1.68. The number of fused-ring (bicyclic) bond motifs is 1. The van der Waals surface area contributed by atoms with Crippen LogP contribution in [0.4, 0.5) is 13.2 Å². The number of aliphatic hydroxyl groups is 1. The van der Waals surface area contributed by atoms with Crippen molar-refractivity contribution in [1.82, 2.24) is 28.6 Å². The third-order valence-corrected chi connectivity index (χ3v) is 8.86. The minimum absolute atomic E-state index is 0.0889. The van der Waals surface area contributed by atoms with Gasteiger partial charge in [0.25, 0.3) is 0 Å². The first-order valence-electron chi connectivity index (χ1n) is 16.8. The fourth-order valence-electron chi connectivity index (χ4n) is 6.30. The van der Waals surface area contributed by atoms with E-state index in [1.807, 2.05) is 24.3 Å². The summed E-state index contributed by atoms with van der Waals surface area (Å²) in [6.45, 7) is 4.24. The zero-order valence-corrected chi connectivity index (χ0v) is 28.3. The fraction of sp³-hybridized carbons (Fsp3) is 0.417. The van der Waals surface area contributed by atoms with Crippen LogP contribution in [0.5, 0.6) is 0 Å². The number of ether oxygens (including phenoxy) is 3. The molecular weight excluding hydrogens is 667 g/mol. The van der Waals surface area contributed by atoms with Gasteiger partial charge in [-0.1, -0.05) is 36.4 Å². The summed E-state index contributed by atoms with van der Waals surface area (Å²) in [6, 6.07) is 15.5. The third kappa shape index (κ3) is 8.92. The van der Waals surface area contributed by atoms with Crippen LogP contribution in [-0.4, -0.2) is 79.3 Å². The normalized spacial score (nSPS) is 16.2. The minimum Gasteiger partial charge on any atom is -0.380 e. The molecule has 3 N–H and O–H groups in total. The van der Waals surface area contributed by atoms with Gasteiger partial charge in [-0.15, -0.1) is 10.2 Å². The van der Waals surface area contributed by atoms with E-state index in [9.17, 15) is 23.1 Å². The van der Waals surface area contributed by atoms with Crippen LogP contribution in [0.15, 0.2) is 78.1 Å². The van der Waals surface area contributed by atoms with Crippen molar-refractivity contribution in [3.63, 3.8) is 0 Å². The summed E-state index contributed by atoms with van der Waals surface area (Å²) in [5.41, 5.74) is 6.81. The summed E-state index contributed by atoms with van der Waals surface area (Å²) in [4.78, 5) is 15.7. The molecule has 6 rings (SSSR count). The number of aryl methyl sites for hydroxylation is 1. The van der Waals surface area contributed by atoms with Crippen LogP contribution in [0.1, 0.15) is 52.6 Å². The third-order valence-electron chi connectivity index (χ3n) is 8.86. The molecular formula is C36H42F3N7O5. The van der Waals surface area contributed by atoms with Gasteiger partial charge in [0.1, 0.15) is 12.4 Å². The highest BCUT2D eigenvalue weighted by molar-refractivity contribution is 5.58. The largest absolute Gasteiger partial charge is 0.418 e. The average Bonchev–Trinajstić information content (AvgIpc) is 3.70. The molecule has 1 aliphatic rings. The van der Waals surface area contributed by atoms with E-state index >= 15 is 0 Å². The first-order valence-corrected chi connectivity index (χ1v) is 16.8. The van der Waals surface area contributed by atoms with Crippen molar-refractivity contribution in [3.8, 4) is 5.69 Å². The van der Waals surface area contributed by atoms with Gasteiger partial charge in [-0.25, -0.2) is 4.79 Å². The van der Waals surface area contributed by atoms with E-state index in [1.165, 1.54) is 18.7 Å². The van der Waals surface area contributed by atoms with E-state index in [2.05, 4.69) is 15.1 Å². The topological polar surface area (TPSA) is 134 Å². The quantitative estimate of drug-likeness (QED) is 0.155. The molecule has 0 spiro atoms. The number of alkyl halides is 3. The SMILES string of the molecule is Cn1cnnc1[C@H](O)c1cccc(-n2cc3c(C(F)(F)F)cc(CN4CCC[C@H](OCCOCc5ccc(COCCN)cc5)C4)cn3c2=O)c1. The van der Waals surface area contributed by atoms with Gasteiger partial charge in [0, 0.05) is 39.1 Å². The maximum absolute atomic E-state index is 14.4. The number of nitrogens with two attached hydrogens (primary N) is 1. The number of hydrogen-bond donors (Lipinski definition) is 2. The van der Waals surface area contributed by atoms with E-state index in [4.69, 9.17) is 19.9 Å². The number of aliphatic hydroxyl groups excluding tert-OH is 1. The summed E-state index contributed by atoms with van der Waals surface area (Å²) in [5, 5.41) is 18.6. The number of nitrogens with zero attached hydrogens (tertiary/aromatic N) is 6. The van der Waals surface area contributed by atoms with Crippen molar-refractivity contribution in [1.29, 1.82) is 0 Å². The van der Waals surface area contributed by atoms with Crippen molar-refractivity contribution < 1.29 is 32.5 Å². The number of halogens is 3. The van der Waals surface area contributed by atoms with Crippen molar-refractivity contribution in [2.45, 2.75) is 51.0 Å². The van der Waals surface area contributed by atoms with Gasteiger partial charge in [0.15, 0.2) is 5.82 Å². The molecule has 0 aliphatic carbocycles. The average molecular weight is 710 g/mol. The highest BCUT2D eigenvalue weighted by Gasteiger charge is 2.35. The van der Waals surface area contributed by atoms with Crippen LogP contribution in [0.25, 0.3) is 11.2 Å². The highest BCUT2D eigenvalue weighted by Crippen LogP contribution is 2.34. The maximum Gasteiger partial charge on any atom is 0.418 e. The van der Waals surface area contributed by atoms with Crippen LogP contribution in [0.2, 0.25) is 0 Å². The van der Waals surface area contributed by atoms with Crippen LogP contribution < -0.4 is 11.4 Å². The van der Waals surface area contributed by atoms with Crippen molar-refractivity contribution >= 4 is 5.52 Å². The molecule has 2 aromatic carbocycles. The Morgan fingerprint density at radius 2 is 1.75 bits per heavy atom. The lowest BCUT2D eigenvalue weighted by Gasteiger charge is -2.32. The molecule has 0 bridgehead atoms. The first kappa shape index (κ1) is 36.4. The molecule has 0 radical (unpaired) electrons. The zero-order chi connectivity index (χ0) is 36.0. The van der Waals surface area contributed by atoms with Gasteiger partial charge in [-0.05, 0) is 59.8 Å². The number of rotatable bonds is 15. The number of aromatic nitrogens is 5. The Kier molecular flexibility index (Phi) is 11.6. The summed E-state index contributed by atoms with van der Waals surface area (Å²) < 4.78 is 64.3. The van der Waals surface area contributed by atoms with E-state index < -0.39 is 23.5 Å². The Morgan fingerprint density at radius 3 is 2.43 bits per heavy atom. The number of imidazole rings is 1. The molecule has 15 heteroatoms. The Balaban J connectivity index is 1.09. The standard InChI is InChI=1S/C36H42F3N7O5/c1-43-24-41-42-34(43)33(47)28-4-2-5-29(17-28)45-21-32-31(36(37,38)39)16-27(19-46(32)35(45)48)18-44-12-3-6-30(20-44)51-15-14-50-23-26-9-7-25(8-10-26)22-49-13-11-40/h2,4-5,7-10,16-17,19,21,24,30,33,47H,3,6,11-15,18,20,22-23,40H2,1H3/t30-,33+/m0/s1. The lowest BCUT2D eigenvalue weighted by molar-refractivity contribution is -0.136. The van der Waals surface area contributed by atoms with Gasteiger partial charge in [0.05, 0.1) is 55.9 Å². The smallest absolute Gasteiger partial charge is 0.380 e. The highest BCUT2D eigenvalue weighted by atomic mass is 19.4. The number of likely N-dealkylation sites (tertiary alicyclic amines) is 1. The predicted octanol–water partition coefficient (Wildman–Crippen LogP) is 3.99. The second kappa shape index (κ2) is 16.3. The monoisotopic (exact) mass is 709 g/mol. The molecule has 0 saturated carbocycles. The van der Waals surface area contributed by atoms with Crippen LogP contribution in [-0.2, 0) is 47.2 Å². The Bertz CT molecular complexity index is 1960. The van der Waals surface area contributed by atoms with E-state index in [0.29, 0.717) is 69.5 Å². The number of pyridine rings is 1. The first-order chi connectivity index (χ1) is 24.6. The van der Waals surface area contributed by atoms with Crippen LogP contribution in [0, 0.1) is 0 Å². The van der Waals surface area contributed by atoms with Crippen molar-refractivity contribution in [2.75, 3.05) is 39.5 Å². The fourth-order valence-corrected chi connectivity index (χ4v) is 6.30. The Labute approximate surface area is 292 Å². The number of piperidine rings is 1. The molecule has 3 aromatic heterocycles. The summed E-state index contributed by atoms with van der Waals surface area (Å²) >= 11 is 0. The molecule has 1 saturated heterocycles. The van der Waals surface area contributed by atoms with Gasteiger partial charge in [-0.3, -0.25) is 13.9 Å². The van der Waals surface area contributed by atoms with E-state index in [1.54, 1.807) is 35.9 Å². The van der Waals surface area contributed by atoms with E-state index in [-0.39, 0.29) is 24.0 Å². The predicted molar refractivity (Wildman–Crippen MR) is 182 cm³/mol. The molecule has 4 heterocycles. The van der Waals surface area contributed by atoms with Crippen LogP contribution >= 0.6 is 0 Å². The summed E-state index contributed by atoms with van der Waals surface area (Å²) in [6.07, 6.45) is -0.167. The molecule has 12 nitrogen and oxygen atoms in total. The molecule has 0 amide bonds. The molecule has 1 fully saturated rings. The molecule has 51 heavy (non-hydrogen) atoms. The summed E-state index contributed by atoms with van der Waals surface area (Å²) in [5.74, 6) is 0.285. The second-order valence-corrected chi connectivity index (χ2v) is 12.7. The molecule has 2 atom stereocenters. The van der Waals surface area contributed by atoms with Gasteiger partial charge < -0.3 is 29.6 Å². The lowest BCUT2D eigenvalue weighted by atomic mass is 10.1. The minimum atomic E-state index is -4.70. The Hall–Kier alpha value is -4.38. The van der Waals surface area contributed by atoms with E-state index in [0.717, 1.165) is 39.0 Å². The Morgan fingerprint density at radius 1 is 1.00 bits per heavy atom. The van der Waals surface area contributed by atoms with Gasteiger partial charge >= 0.3 is 11.9 Å². The van der Waals surface area contributed by atoms with Gasteiger partial charge in [0.2, 0.25) is 0 Å². The van der Waals surface area contributed by atoms with Crippen molar-refractivity contribution in [3.05, 3.63) is 117 Å². The maximum atomic E-state index is 14.4. The van der Waals surface area contributed by atoms with Gasteiger partial charge in [-0.2, -0.15) is 13.2 Å². The second-order valence-electron chi connectivity index (χ2n) is 12.7. The number of benzene rings is 2. The number of hydrogen-bond acceptors (Lipinski definition) is 9. The zero-order valence-electron chi connectivity index (χ0n) is 28.3.